The second-order valence-corrected chi connectivity index (χ2v) is 4.03. The summed E-state index contributed by atoms with van der Waals surface area (Å²) in [5.74, 6) is 6.91. The average Bonchev–Trinajstić information content (AvgIpc) is 2.28. The van der Waals surface area contributed by atoms with Crippen molar-refractivity contribution in [1.29, 1.82) is 0 Å². The summed E-state index contributed by atoms with van der Waals surface area (Å²) in [6.45, 7) is 2.04. The average molecular weight is 244 g/mol. The lowest BCUT2D eigenvalue weighted by molar-refractivity contribution is 0.379. The molecule has 1 aromatic rings. The van der Waals surface area contributed by atoms with Crippen LogP contribution in [0.25, 0.3) is 0 Å². The van der Waals surface area contributed by atoms with Crippen molar-refractivity contribution in [2.75, 3.05) is 29.9 Å². The Morgan fingerprint density at radius 3 is 2.62 bits per heavy atom. The predicted molar refractivity (Wildman–Crippen MR) is 65.7 cm³/mol. The Labute approximate surface area is 98.6 Å². The number of nitrogens with two attached hydrogens (primary N) is 1. The van der Waals surface area contributed by atoms with Gasteiger partial charge in [0.05, 0.1) is 7.11 Å². The number of nitrogen functional groups attached to an aromatic ring is 1. The maximum atomic E-state index is 5.24. The fraction of sp³-hybridized carbons (Fsp3) is 0.625. The minimum Gasteiger partial charge on any atom is -0.467 e. The zero-order valence-corrected chi connectivity index (χ0v) is 10.3. The summed E-state index contributed by atoms with van der Waals surface area (Å²) in [6.07, 6.45) is 2.04. The number of thioether (sulfide) groups is 1. The molecule has 0 radical (unpaired) electrons. The maximum absolute atomic E-state index is 5.24. The molecule has 1 atom stereocenters. The molecule has 0 spiro atoms. The first-order valence-corrected chi connectivity index (χ1v) is 6.11. The summed E-state index contributed by atoms with van der Waals surface area (Å²) in [7, 11) is 1.49. The van der Waals surface area contributed by atoms with Crippen LogP contribution < -0.4 is 21.3 Å². The van der Waals surface area contributed by atoms with Gasteiger partial charge in [-0.05, 0) is 13.2 Å². The molecule has 90 valence electrons. The number of aromatic nitrogens is 3. The van der Waals surface area contributed by atoms with E-state index in [1.165, 1.54) is 7.11 Å². The number of nitrogens with one attached hydrogen (secondary N) is 2. The zero-order chi connectivity index (χ0) is 12.0. The van der Waals surface area contributed by atoms with E-state index in [1.54, 1.807) is 11.8 Å². The molecule has 8 heteroatoms. The van der Waals surface area contributed by atoms with Crippen LogP contribution in [0.5, 0.6) is 6.01 Å². The van der Waals surface area contributed by atoms with Crippen LogP contribution in [0.3, 0.4) is 0 Å². The van der Waals surface area contributed by atoms with Crippen LogP contribution >= 0.6 is 11.8 Å². The monoisotopic (exact) mass is 244 g/mol. The molecule has 7 nitrogen and oxygen atoms in total. The Balaban J connectivity index is 2.78. The lowest BCUT2D eigenvalue weighted by Crippen LogP contribution is -2.21. The molecule has 0 bridgehead atoms. The fourth-order valence-electron chi connectivity index (χ4n) is 1.09. The number of ether oxygens (including phenoxy) is 1. The highest BCUT2D eigenvalue weighted by Crippen LogP contribution is 2.11. The molecule has 1 rings (SSSR count). The van der Waals surface area contributed by atoms with Crippen LogP contribution in [-0.4, -0.2) is 40.1 Å². The van der Waals surface area contributed by atoms with Crippen molar-refractivity contribution < 1.29 is 4.74 Å². The first kappa shape index (κ1) is 12.8. The number of hydrogen-bond acceptors (Lipinski definition) is 8. The molecule has 0 aromatic carbocycles. The lowest BCUT2D eigenvalue weighted by atomic mass is 10.4. The van der Waals surface area contributed by atoms with Crippen LogP contribution in [0.2, 0.25) is 0 Å². The van der Waals surface area contributed by atoms with Crippen LogP contribution in [-0.2, 0) is 0 Å². The topological polar surface area (TPSA) is 98.0 Å². The summed E-state index contributed by atoms with van der Waals surface area (Å²) in [4.78, 5) is 12.0. The second kappa shape index (κ2) is 6.33. The molecule has 0 aliphatic rings. The SMILES string of the molecule is COc1nc(NN)nc(NC(C)CSC)n1. The summed E-state index contributed by atoms with van der Waals surface area (Å²) in [6, 6.07) is 0.481. The van der Waals surface area contributed by atoms with E-state index >= 15 is 0 Å². The van der Waals surface area contributed by atoms with Crippen LogP contribution in [0.15, 0.2) is 0 Å². The van der Waals surface area contributed by atoms with Gasteiger partial charge in [-0.25, -0.2) is 5.84 Å². The van der Waals surface area contributed by atoms with E-state index in [4.69, 9.17) is 10.6 Å². The molecule has 0 aliphatic heterocycles. The molecule has 16 heavy (non-hydrogen) atoms. The Bertz CT molecular complexity index is 314. The molecule has 1 aromatic heterocycles. The van der Waals surface area contributed by atoms with Crippen LogP contribution in [0, 0.1) is 0 Å². The van der Waals surface area contributed by atoms with Gasteiger partial charge in [0, 0.05) is 11.8 Å². The van der Waals surface area contributed by atoms with Gasteiger partial charge in [-0.2, -0.15) is 26.7 Å². The number of anilines is 2. The molecule has 1 unspecified atom stereocenters. The van der Waals surface area contributed by atoms with Crippen LogP contribution in [0.4, 0.5) is 11.9 Å². The Hall–Kier alpha value is -1.28. The van der Waals surface area contributed by atoms with Crippen molar-refractivity contribution in [2.45, 2.75) is 13.0 Å². The Morgan fingerprint density at radius 1 is 1.38 bits per heavy atom. The highest BCUT2D eigenvalue weighted by atomic mass is 32.2. The molecule has 0 fully saturated rings. The lowest BCUT2D eigenvalue weighted by Gasteiger charge is -2.13. The standard InChI is InChI=1S/C8H16N6OS/c1-5(4-16-3)10-6-11-7(14-9)13-8(12-6)15-2/h5H,4,9H2,1-3H3,(H2,10,11,12,13,14). The number of nitrogens with zero attached hydrogens (tertiary/aromatic N) is 3. The number of rotatable bonds is 6. The highest BCUT2D eigenvalue weighted by Gasteiger charge is 2.08. The number of hydrazine groups is 1. The molecule has 0 amide bonds. The van der Waals surface area contributed by atoms with Crippen molar-refractivity contribution in [2.24, 2.45) is 5.84 Å². The van der Waals surface area contributed by atoms with Gasteiger partial charge < -0.3 is 10.1 Å². The molecule has 0 saturated carbocycles. The van der Waals surface area contributed by atoms with E-state index < -0.39 is 0 Å². The van der Waals surface area contributed by atoms with Gasteiger partial charge in [0.1, 0.15) is 0 Å². The van der Waals surface area contributed by atoms with E-state index in [2.05, 4.69) is 25.7 Å². The van der Waals surface area contributed by atoms with Crippen molar-refractivity contribution in [3.8, 4) is 6.01 Å². The second-order valence-electron chi connectivity index (χ2n) is 3.11. The summed E-state index contributed by atoms with van der Waals surface area (Å²) in [5, 5.41) is 3.13. The minimum absolute atomic E-state index is 0.224. The molecule has 4 N–H and O–H groups in total. The molecule has 0 aliphatic carbocycles. The third-order valence-corrected chi connectivity index (χ3v) is 2.55. The van der Waals surface area contributed by atoms with Crippen molar-refractivity contribution in [1.82, 2.24) is 15.0 Å². The molecule has 1 heterocycles. The Kier molecular flexibility index (Phi) is 5.06. The molecular weight excluding hydrogens is 228 g/mol. The smallest absolute Gasteiger partial charge is 0.322 e. The summed E-state index contributed by atoms with van der Waals surface area (Å²) in [5.41, 5.74) is 2.36. The summed E-state index contributed by atoms with van der Waals surface area (Å²) >= 11 is 1.74. The van der Waals surface area contributed by atoms with E-state index in [1.807, 2.05) is 13.2 Å². The fourth-order valence-corrected chi connectivity index (χ4v) is 1.67. The third-order valence-electron chi connectivity index (χ3n) is 1.72. The zero-order valence-electron chi connectivity index (χ0n) is 9.52. The first-order chi connectivity index (χ1) is 7.69. The van der Waals surface area contributed by atoms with Gasteiger partial charge in [0.2, 0.25) is 11.9 Å². The van der Waals surface area contributed by atoms with E-state index in [0.717, 1.165) is 5.75 Å². The number of methoxy groups -OCH3 is 1. The van der Waals surface area contributed by atoms with Gasteiger partial charge in [0.25, 0.3) is 0 Å². The van der Waals surface area contributed by atoms with Crippen molar-refractivity contribution >= 4 is 23.7 Å². The van der Waals surface area contributed by atoms with Gasteiger partial charge >= 0.3 is 6.01 Å². The van der Waals surface area contributed by atoms with Gasteiger partial charge in [-0.1, -0.05) is 0 Å². The van der Waals surface area contributed by atoms with Gasteiger partial charge in [-0.3, -0.25) is 5.43 Å². The quantitative estimate of drug-likeness (QED) is 0.486. The summed E-state index contributed by atoms with van der Waals surface area (Å²) < 4.78 is 4.94. The molecular formula is C8H16N6OS. The first-order valence-electron chi connectivity index (χ1n) is 4.71. The molecule has 0 saturated heterocycles. The van der Waals surface area contributed by atoms with E-state index in [9.17, 15) is 0 Å². The minimum atomic E-state index is 0.224. The van der Waals surface area contributed by atoms with E-state index in [-0.39, 0.29) is 18.0 Å². The highest BCUT2D eigenvalue weighted by molar-refractivity contribution is 7.98. The van der Waals surface area contributed by atoms with Crippen molar-refractivity contribution in [3.05, 3.63) is 0 Å². The normalized spacial score (nSPS) is 12.0. The van der Waals surface area contributed by atoms with Gasteiger partial charge in [-0.15, -0.1) is 0 Å². The maximum Gasteiger partial charge on any atom is 0.322 e. The van der Waals surface area contributed by atoms with E-state index in [0.29, 0.717) is 5.95 Å². The van der Waals surface area contributed by atoms with Crippen LogP contribution in [0.1, 0.15) is 6.92 Å². The van der Waals surface area contributed by atoms with Gasteiger partial charge in [0.15, 0.2) is 0 Å². The third kappa shape index (κ3) is 3.70. The Morgan fingerprint density at radius 2 is 2.06 bits per heavy atom. The van der Waals surface area contributed by atoms with Crippen molar-refractivity contribution in [3.63, 3.8) is 0 Å². The largest absolute Gasteiger partial charge is 0.467 e. The number of hydrogen-bond donors (Lipinski definition) is 3. The predicted octanol–water partition coefficient (Wildman–Crippen LogP) is 0.329.